The van der Waals surface area contributed by atoms with Crippen LogP contribution in [0.2, 0.25) is 0 Å². The molecular formula is C57H36N4. The molecule has 0 aliphatic carbocycles. The van der Waals surface area contributed by atoms with Gasteiger partial charge in [0.2, 0.25) is 0 Å². The molecule has 284 valence electrons. The zero-order valence-electron chi connectivity index (χ0n) is 33.1. The van der Waals surface area contributed by atoms with Gasteiger partial charge in [-0.25, -0.2) is 15.0 Å². The highest BCUT2D eigenvalue weighted by Gasteiger charge is 2.17. The fourth-order valence-corrected chi connectivity index (χ4v) is 9.11. The molecule has 0 radical (unpaired) electrons. The molecule has 4 heteroatoms. The second-order valence-corrected chi connectivity index (χ2v) is 15.6. The van der Waals surface area contributed by atoms with Crippen LogP contribution in [0.4, 0.5) is 0 Å². The predicted octanol–water partition coefficient (Wildman–Crippen LogP) is 14.8. The third kappa shape index (κ3) is 5.96. The monoisotopic (exact) mass is 776 g/mol. The van der Waals surface area contributed by atoms with Crippen molar-refractivity contribution in [1.29, 1.82) is 0 Å². The number of rotatable bonds is 6. The number of hydrogen-bond donors (Lipinski definition) is 0. The van der Waals surface area contributed by atoms with Crippen LogP contribution in [-0.4, -0.2) is 19.5 Å². The van der Waals surface area contributed by atoms with Gasteiger partial charge in [-0.05, 0) is 103 Å². The number of nitrogens with zero attached hydrogens (tertiary/aromatic N) is 4. The highest BCUT2D eigenvalue weighted by molar-refractivity contribution is 6.20. The highest BCUT2D eigenvalue weighted by Crippen LogP contribution is 2.40. The van der Waals surface area contributed by atoms with Crippen LogP contribution in [0.3, 0.4) is 0 Å². The largest absolute Gasteiger partial charge is 0.309 e. The lowest BCUT2D eigenvalue weighted by atomic mass is 9.89. The van der Waals surface area contributed by atoms with Crippen molar-refractivity contribution in [3.05, 3.63) is 218 Å². The Balaban J connectivity index is 0.992. The molecule has 0 N–H and O–H groups in total. The number of hydrogen-bond acceptors (Lipinski definition) is 3. The Morgan fingerprint density at radius 2 is 0.770 bits per heavy atom. The molecule has 0 atom stereocenters. The van der Waals surface area contributed by atoms with Crippen molar-refractivity contribution < 1.29 is 0 Å². The maximum Gasteiger partial charge on any atom is 0.164 e. The Hall–Kier alpha value is -8.21. The molecule has 12 rings (SSSR count). The zero-order valence-corrected chi connectivity index (χ0v) is 33.1. The summed E-state index contributed by atoms with van der Waals surface area (Å²) in [5, 5.41) is 9.91. The van der Waals surface area contributed by atoms with Crippen LogP contribution in [-0.2, 0) is 0 Å². The van der Waals surface area contributed by atoms with Crippen molar-refractivity contribution in [2.45, 2.75) is 0 Å². The maximum absolute atomic E-state index is 5.18. The quantitative estimate of drug-likeness (QED) is 0.125. The third-order valence-corrected chi connectivity index (χ3v) is 12.0. The van der Waals surface area contributed by atoms with Gasteiger partial charge in [0.05, 0.1) is 11.0 Å². The number of aromatic nitrogens is 4. The minimum atomic E-state index is 0.620. The molecule has 0 saturated carbocycles. The fraction of sp³-hybridized carbons (Fsp3) is 0. The van der Waals surface area contributed by atoms with Gasteiger partial charge in [-0.1, -0.05) is 170 Å². The van der Waals surface area contributed by atoms with E-state index < -0.39 is 0 Å². The molecule has 0 aliphatic heterocycles. The van der Waals surface area contributed by atoms with Crippen LogP contribution in [0.25, 0.3) is 116 Å². The topological polar surface area (TPSA) is 43.6 Å². The first kappa shape index (κ1) is 34.8. The van der Waals surface area contributed by atoms with Crippen LogP contribution in [0.5, 0.6) is 0 Å². The van der Waals surface area contributed by atoms with Crippen molar-refractivity contribution in [2.75, 3.05) is 0 Å². The van der Waals surface area contributed by atoms with Gasteiger partial charge in [0.15, 0.2) is 17.5 Å². The number of fused-ring (bicyclic) bond motifs is 7. The normalized spacial score (nSPS) is 11.6. The van der Waals surface area contributed by atoms with E-state index in [0.29, 0.717) is 17.5 Å². The zero-order chi connectivity index (χ0) is 40.3. The summed E-state index contributed by atoms with van der Waals surface area (Å²) in [6, 6.07) is 77.6. The van der Waals surface area contributed by atoms with E-state index in [2.05, 4.69) is 217 Å². The minimum absolute atomic E-state index is 0.620. The van der Waals surface area contributed by atoms with Crippen molar-refractivity contribution >= 4 is 54.1 Å². The molecule has 0 spiro atoms. The molecular weight excluding hydrogens is 741 g/mol. The van der Waals surface area contributed by atoms with E-state index in [4.69, 9.17) is 15.0 Å². The maximum atomic E-state index is 5.18. The van der Waals surface area contributed by atoms with Gasteiger partial charge in [0, 0.05) is 33.2 Å². The van der Waals surface area contributed by atoms with Crippen molar-refractivity contribution in [3.63, 3.8) is 0 Å². The van der Waals surface area contributed by atoms with E-state index in [-0.39, 0.29) is 0 Å². The third-order valence-electron chi connectivity index (χ3n) is 12.0. The summed E-state index contributed by atoms with van der Waals surface area (Å²) in [4.78, 5) is 15.5. The lowest BCUT2D eigenvalue weighted by molar-refractivity contribution is 1.07. The molecule has 4 nitrogen and oxygen atoms in total. The van der Waals surface area contributed by atoms with E-state index >= 15 is 0 Å². The Labute approximate surface area is 352 Å². The summed E-state index contributed by atoms with van der Waals surface area (Å²) in [5.74, 6) is 1.87. The molecule has 0 bridgehead atoms. The van der Waals surface area contributed by atoms with Gasteiger partial charge in [0.1, 0.15) is 0 Å². The van der Waals surface area contributed by atoms with Gasteiger partial charge < -0.3 is 4.57 Å². The van der Waals surface area contributed by atoms with Crippen LogP contribution in [0.1, 0.15) is 0 Å². The molecule has 2 aromatic heterocycles. The Kier molecular flexibility index (Phi) is 8.13. The van der Waals surface area contributed by atoms with Gasteiger partial charge in [-0.15, -0.1) is 0 Å². The molecule has 0 unspecified atom stereocenters. The second-order valence-electron chi connectivity index (χ2n) is 15.6. The van der Waals surface area contributed by atoms with Crippen LogP contribution in [0, 0.1) is 0 Å². The predicted molar refractivity (Wildman–Crippen MR) is 254 cm³/mol. The van der Waals surface area contributed by atoms with Crippen LogP contribution < -0.4 is 0 Å². The van der Waals surface area contributed by atoms with Crippen molar-refractivity contribution in [1.82, 2.24) is 19.5 Å². The Bertz CT molecular complexity index is 3570. The average Bonchev–Trinajstić information content (AvgIpc) is 3.68. The molecule has 10 aromatic carbocycles. The number of para-hydroxylation sites is 2. The van der Waals surface area contributed by atoms with E-state index in [9.17, 15) is 0 Å². The molecule has 0 amide bonds. The first-order valence-corrected chi connectivity index (χ1v) is 20.7. The Morgan fingerprint density at radius 1 is 0.262 bits per heavy atom. The average molecular weight is 777 g/mol. The van der Waals surface area contributed by atoms with E-state index in [1.807, 2.05) is 6.07 Å². The minimum Gasteiger partial charge on any atom is -0.309 e. The summed E-state index contributed by atoms with van der Waals surface area (Å²) in [6.07, 6.45) is 0. The van der Waals surface area contributed by atoms with Crippen LogP contribution >= 0.6 is 0 Å². The summed E-state index contributed by atoms with van der Waals surface area (Å²) in [7, 11) is 0. The fourth-order valence-electron chi connectivity index (χ4n) is 9.11. The van der Waals surface area contributed by atoms with Gasteiger partial charge in [-0.3, -0.25) is 0 Å². The second kappa shape index (κ2) is 14.3. The summed E-state index contributed by atoms with van der Waals surface area (Å²) >= 11 is 0. The van der Waals surface area contributed by atoms with E-state index in [1.165, 1.54) is 59.7 Å². The first-order chi connectivity index (χ1) is 30.2. The summed E-state index contributed by atoms with van der Waals surface area (Å²) in [6.45, 7) is 0. The molecule has 2 heterocycles. The standard InChI is InChI=1S/C57H36N4/c1-2-13-37(14-3-1)42-17-12-18-44(35-42)57-59-55(58-56(60-57)41-29-32-45(33-30-41)61-52-23-10-8-21-48(52)49-22-9-11-24-53(49)61)40-27-25-39(26-28-40)54-47-20-7-5-16-43(47)36-51-46-19-6-4-15-38(46)31-34-50(51)54/h1-36H. The summed E-state index contributed by atoms with van der Waals surface area (Å²) < 4.78 is 2.33. The Morgan fingerprint density at radius 3 is 1.46 bits per heavy atom. The molecule has 0 fully saturated rings. The van der Waals surface area contributed by atoms with Crippen molar-refractivity contribution in [3.8, 4) is 62.1 Å². The van der Waals surface area contributed by atoms with Crippen molar-refractivity contribution in [2.24, 2.45) is 0 Å². The van der Waals surface area contributed by atoms with E-state index in [1.54, 1.807) is 0 Å². The smallest absolute Gasteiger partial charge is 0.164 e. The first-order valence-electron chi connectivity index (χ1n) is 20.7. The molecule has 0 saturated heterocycles. The number of benzene rings is 10. The molecule has 0 aliphatic rings. The highest BCUT2D eigenvalue weighted by atomic mass is 15.0. The summed E-state index contributed by atoms with van der Waals surface area (Å²) in [5.41, 5.74) is 10.8. The van der Waals surface area contributed by atoms with E-state index in [0.717, 1.165) is 39.1 Å². The SMILES string of the molecule is c1ccc(-c2cccc(-c3nc(-c4ccc(-c5c6ccccc6cc6c5ccc5ccccc56)cc4)nc(-c4ccc(-n5c6ccccc6c6ccccc65)cc4)n3)c2)cc1. The van der Waals surface area contributed by atoms with Gasteiger partial charge in [0.25, 0.3) is 0 Å². The van der Waals surface area contributed by atoms with Gasteiger partial charge >= 0.3 is 0 Å². The van der Waals surface area contributed by atoms with Crippen LogP contribution in [0.15, 0.2) is 218 Å². The van der Waals surface area contributed by atoms with Gasteiger partial charge in [-0.2, -0.15) is 0 Å². The lowest BCUT2D eigenvalue weighted by Crippen LogP contribution is -2.01. The molecule has 12 aromatic rings. The molecule has 61 heavy (non-hydrogen) atoms. The lowest BCUT2D eigenvalue weighted by Gasteiger charge is -2.15.